The Labute approximate surface area is 71.9 Å². The van der Waals surface area contributed by atoms with Crippen molar-refractivity contribution < 1.29 is 4.79 Å². The van der Waals surface area contributed by atoms with Crippen LogP contribution in [0.25, 0.3) is 0 Å². The Morgan fingerprint density at radius 1 is 1.50 bits per heavy atom. The molecule has 2 saturated carbocycles. The second kappa shape index (κ2) is 2.20. The zero-order valence-corrected chi connectivity index (χ0v) is 6.97. The monoisotopic (exact) mass is 161 g/mol. The van der Waals surface area contributed by atoms with Crippen LogP contribution in [0.5, 0.6) is 0 Å². The Kier molecular flexibility index (Phi) is 1.38. The van der Waals surface area contributed by atoms with Crippen LogP contribution >= 0.6 is 0 Å². The van der Waals surface area contributed by atoms with E-state index in [-0.39, 0.29) is 11.7 Å². The third kappa shape index (κ3) is 0.621. The summed E-state index contributed by atoms with van der Waals surface area (Å²) in [6.45, 7) is 3.85. The van der Waals surface area contributed by atoms with Crippen LogP contribution < -0.4 is 0 Å². The van der Waals surface area contributed by atoms with Crippen molar-refractivity contribution in [3.05, 3.63) is 12.2 Å². The third-order valence-corrected chi connectivity index (χ3v) is 3.30. The highest BCUT2D eigenvalue weighted by molar-refractivity contribution is 5.93. The fraction of sp³-hybridized carbons (Fsp3) is 0.600. The van der Waals surface area contributed by atoms with Crippen LogP contribution in [0.2, 0.25) is 0 Å². The van der Waals surface area contributed by atoms with Gasteiger partial charge in [-0.3, -0.25) is 4.79 Å². The van der Waals surface area contributed by atoms with Gasteiger partial charge in [-0.05, 0) is 30.8 Å². The maximum absolute atomic E-state index is 11.5. The Balaban J connectivity index is 2.51. The minimum Gasteiger partial charge on any atom is -0.298 e. The molecule has 2 atom stereocenters. The van der Waals surface area contributed by atoms with Crippen LogP contribution in [0.15, 0.2) is 12.2 Å². The van der Waals surface area contributed by atoms with Crippen molar-refractivity contribution in [2.45, 2.75) is 25.7 Å². The molecule has 0 heterocycles. The van der Waals surface area contributed by atoms with Gasteiger partial charge in [0.15, 0.2) is 5.78 Å². The first-order chi connectivity index (χ1) is 5.71. The third-order valence-electron chi connectivity index (χ3n) is 3.30. The second-order valence-electron chi connectivity index (χ2n) is 3.72. The van der Waals surface area contributed by atoms with Crippen LogP contribution in [0.3, 0.4) is 0 Å². The van der Waals surface area contributed by atoms with Gasteiger partial charge in [0.25, 0.3) is 0 Å². The first-order valence-electron chi connectivity index (χ1n) is 4.34. The number of carbonyl (C=O) groups is 1. The minimum absolute atomic E-state index is 0.109. The van der Waals surface area contributed by atoms with Crippen LogP contribution in [0, 0.1) is 22.7 Å². The molecule has 2 rings (SSSR count). The second-order valence-corrected chi connectivity index (χ2v) is 3.72. The molecule has 0 N–H and O–H groups in total. The molecule has 2 nitrogen and oxygen atoms in total. The predicted octanol–water partition coefficient (Wildman–Crippen LogP) is 1.83. The van der Waals surface area contributed by atoms with Gasteiger partial charge in [-0.2, -0.15) is 5.26 Å². The summed E-state index contributed by atoms with van der Waals surface area (Å²) >= 11 is 0. The lowest BCUT2D eigenvalue weighted by Gasteiger charge is -2.19. The summed E-state index contributed by atoms with van der Waals surface area (Å²) in [5.74, 6) is 0.389. The molecule has 0 radical (unpaired) electrons. The lowest BCUT2D eigenvalue weighted by Crippen LogP contribution is -2.27. The summed E-state index contributed by atoms with van der Waals surface area (Å²) in [6.07, 6.45) is 3.32. The molecular weight excluding hydrogens is 150 g/mol. The van der Waals surface area contributed by atoms with Crippen molar-refractivity contribution in [1.82, 2.24) is 0 Å². The van der Waals surface area contributed by atoms with Crippen molar-refractivity contribution in [1.29, 1.82) is 5.26 Å². The summed E-state index contributed by atoms with van der Waals surface area (Å²) in [7, 11) is 0. The predicted molar refractivity (Wildman–Crippen MR) is 44.2 cm³/mol. The number of allylic oxidation sites excluding steroid dienone is 1. The van der Waals surface area contributed by atoms with Crippen LogP contribution in [0.1, 0.15) is 25.7 Å². The summed E-state index contributed by atoms with van der Waals surface area (Å²) < 4.78 is 0. The first kappa shape index (κ1) is 7.54. The van der Waals surface area contributed by atoms with Crippen molar-refractivity contribution in [3.63, 3.8) is 0 Å². The standard InChI is InChI=1S/C10H11NO/c1-7-2-3-8-4-5-9(12)10(7,8)6-11/h8H,1-5H2/t8-,10-/m0/s1. The SMILES string of the molecule is C=C1CC[C@H]2CCC(=O)[C@@]12C#N. The molecule has 2 fully saturated rings. The highest BCUT2D eigenvalue weighted by Gasteiger charge is 2.55. The molecule has 2 aliphatic rings. The van der Waals surface area contributed by atoms with Crippen LogP contribution in [0.4, 0.5) is 0 Å². The molecule has 0 saturated heterocycles. The van der Waals surface area contributed by atoms with Crippen molar-refractivity contribution >= 4 is 5.78 Å². The highest BCUT2D eigenvalue weighted by Crippen LogP contribution is 2.54. The molecule has 62 valence electrons. The molecule has 0 spiro atoms. The Bertz CT molecular complexity index is 277. The lowest BCUT2D eigenvalue weighted by molar-refractivity contribution is -0.122. The van der Waals surface area contributed by atoms with E-state index in [1.807, 2.05) is 0 Å². The minimum atomic E-state index is -0.764. The number of ketones is 1. The van der Waals surface area contributed by atoms with Crippen LogP contribution in [-0.2, 0) is 4.79 Å². The molecule has 0 aliphatic heterocycles. The fourth-order valence-corrected chi connectivity index (χ4v) is 2.57. The van der Waals surface area contributed by atoms with Gasteiger partial charge in [-0.15, -0.1) is 0 Å². The zero-order valence-electron chi connectivity index (χ0n) is 6.97. The molecule has 2 aliphatic carbocycles. The van der Waals surface area contributed by atoms with Crippen molar-refractivity contribution in [3.8, 4) is 6.07 Å². The van der Waals surface area contributed by atoms with E-state index in [4.69, 9.17) is 5.26 Å². The number of hydrogen-bond donors (Lipinski definition) is 0. The van der Waals surface area contributed by atoms with Crippen LogP contribution in [-0.4, -0.2) is 5.78 Å². The van der Waals surface area contributed by atoms with E-state index in [1.165, 1.54) is 0 Å². The number of nitriles is 1. The Morgan fingerprint density at radius 2 is 2.17 bits per heavy atom. The van der Waals surface area contributed by atoms with E-state index in [1.54, 1.807) is 0 Å². The van der Waals surface area contributed by atoms with E-state index in [2.05, 4.69) is 12.6 Å². The topological polar surface area (TPSA) is 40.9 Å². The van der Waals surface area contributed by atoms with Gasteiger partial charge in [-0.1, -0.05) is 6.58 Å². The van der Waals surface area contributed by atoms with E-state index in [0.717, 1.165) is 24.8 Å². The van der Waals surface area contributed by atoms with Gasteiger partial charge in [-0.25, -0.2) is 0 Å². The maximum atomic E-state index is 11.5. The quantitative estimate of drug-likeness (QED) is 0.508. The number of Topliss-reactive ketones (excluding diaryl/α,β-unsaturated/α-hetero) is 1. The fourth-order valence-electron chi connectivity index (χ4n) is 2.57. The van der Waals surface area contributed by atoms with E-state index < -0.39 is 5.41 Å². The highest BCUT2D eigenvalue weighted by atomic mass is 16.1. The van der Waals surface area contributed by atoms with Gasteiger partial charge in [0.2, 0.25) is 0 Å². The van der Waals surface area contributed by atoms with Crippen molar-refractivity contribution in [2.75, 3.05) is 0 Å². The molecule has 2 heteroatoms. The Morgan fingerprint density at radius 3 is 2.75 bits per heavy atom. The molecule has 0 aromatic heterocycles. The largest absolute Gasteiger partial charge is 0.298 e. The van der Waals surface area contributed by atoms with Gasteiger partial charge in [0, 0.05) is 6.42 Å². The lowest BCUT2D eigenvalue weighted by atomic mass is 9.79. The average molecular weight is 161 g/mol. The normalized spacial score (nSPS) is 39.8. The summed E-state index contributed by atoms with van der Waals surface area (Å²) in [4.78, 5) is 11.5. The van der Waals surface area contributed by atoms with Gasteiger partial charge < -0.3 is 0 Å². The molecule has 0 bridgehead atoms. The number of rotatable bonds is 0. The molecular formula is C10H11NO. The molecule has 0 amide bonds. The molecule has 12 heavy (non-hydrogen) atoms. The van der Waals surface area contributed by atoms with Crippen molar-refractivity contribution in [2.24, 2.45) is 11.3 Å². The Hall–Kier alpha value is -1.10. The summed E-state index contributed by atoms with van der Waals surface area (Å²) in [6, 6.07) is 2.19. The smallest absolute Gasteiger partial charge is 0.157 e. The molecule has 0 unspecified atom stereocenters. The molecule has 0 aromatic rings. The summed E-state index contributed by atoms with van der Waals surface area (Å²) in [5.41, 5.74) is 0.0949. The number of nitrogens with zero attached hydrogens (tertiary/aromatic N) is 1. The van der Waals surface area contributed by atoms with Gasteiger partial charge >= 0.3 is 0 Å². The van der Waals surface area contributed by atoms with Gasteiger partial charge in [0.05, 0.1) is 6.07 Å². The zero-order chi connectivity index (χ0) is 8.77. The molecule has 0 aromatic carbocycles. The summed E-state index contributed by atoms with van der Waals surface area (Å²) in [5, 5.41) is 9.04. The van der Waals surface area contributed by atoms with E-state index in [9.17, 15) is 4.79 Å². The first-order valence-corrected chi connectivity index (χ1v) is 4.34. The number of hydrogen-bond acceptors (Lipinski definition) is 2. The van der Waals surface area contributed by atoms with E-state index in [0.29, 0.717) is 6.42 Å². The average Bonchev–Trinajstić information content (AvgIpc) is 2.54. The maximum Gasteiger partial charge on any atom is 0.157 e. The van der Waals surface area contributed by atoms with Gasteiger partial charge in [0.1, 0.15) is 5.41 Å². The number of fused-ring (bicyclic) bond motifs is 1. The number of carbonyl (C=O) groups excluding carboxylic acids is 1. The van der Waals surface area contributed by atoms with E-state index >= 15 is 0 Å².